The Labute approximate surface area is 131 Å². The Morgan fingerprint density at radius 1 is 1.24 bits per heavy atom. The van der Waals surface area contributed by atoms with Gasteiger partial charge in [-0.3, -0.25) is 0 Å². The zero-order chi connectivity index (χ0) is 15.0. The third-order valence-electron chi connectivity index (χ3n) is 4.65. The van der Waals surface area contributed by atoms with Crippen LogP contribution < -0.4 is 5.73 Å². The van der Waals surface area contributed by atoms with Crippen molar-refractivity contribution in [3.8, 4) is 0 Å². The van der Waals surface area contributed by atoms with Crippen molar-refractivity contribution in [2.75, 3.05) is 0 Å². The van der Waals surface area contributed by atoms with E-state index in [1.54, 1.807) is 0 Å². The maximum absolute atomic E-state index is 6.59. The van der Waals surface area contributed by atoms with Gasteiger partial charge in [0, 0.05) is 11.1 Å². The van der Waals surface area contributed by atoms with Crippen LogP contribution in [-0.4, -0.2) is 9.55 Å². The molecule has 1 aliphatic carbocycles. The lowest BCUT2D eigenvalue weighted by molar-refractivity contribution is 0.294. The minimum atomic E-state index is 0.0267. The molecule has 0 radical (unpaired) electrons. The topological polar surface area (TPSA) is 43.8 Å². The number of halogens is 1. The number of hydrogen-bond acceptors (Lipinski definition) is 2. The molecule has 2 aromatic rings. The van der Waals surface area contributed by atoms with E-state index in [1.165, 1.54) is 32.1 Å². The fourth-order valence-corrected chi connectivity index (χ4v) is 3.74. The number of rotatable bonds is 3. The van der Waals surface area contributed by atoms with E-state index in [0.29, 0.717) is 12.0 Å². The lowest BCUT2D eigenvalue weighted by atomic mass is 9.84. The Kier molecular flexibility index (Phi) is 4.23. The molecule has 1 saturated carbocycles. The van der Waals surface area contributed by atoms with Crippen LogP contribution in [0.2, 0.25) is 5.02 Å². The molecular formula is C17H24ClN3. The first-order valence-electron chi connectivity index (χ1n) is 8.01. The highest BCUT2D eigenvalue weighted by molar-refractivity contribution is 6.31. The molecule has 4 heteroatoms. The second kappa shape index (κ2) is 5.98. The van der Waals surface area contributed by atoms with Crippen LogP contribution in [0.25, 0.3) is 11.0 Å². The maximum Gasteiger partial charge on any atom is 0.127 e. The number of nitrogens with zero attached hydrogens (tertiary/aromatic N) is 2. The zero-order valence-corrected chi connectivity index (χ0v) is 13.6. The van der Waals surface area contributed by atoms with Crippen molar-refractivity contribution in [2.24, 2.45) is 11.7 Å². The van der Waals surface area contributed by atoms with E-state index >= 15 is 0 Å². The van der Waals surface area contributed by atoms with Gasteiger partial charge in [-0.15, -0.1) is 0 Å². The molecule has 1 aliphatic rings. The summed E-state index contributed by atoms with van der Waals surface area (Å²) < 4.78 is 2.28. The minimum absolute atomic E-state index is 0.0267. The average molecular weight is 306 g/mol. The molecule has 0 saturated heterocycles. The van der Waals surface area contributed by atoms with Crippen LogP contribution in [-0.2, 0) is 0 Å². The minimum Gasteiger partial charge on any atom is -0.324 e. The monoisotopic (exact) mass is 305 g/mol. The van der Waals surface area contributed by atoms with Gasteiger partial charge in [0.25, 0.3) is 0 Å². The molecule has 2 N–H and O–H groups in total. The van der Waals surface area contributed by atoms with Crippen LogP contribution in [0, 0.1) is 5.92 Å². The SMILES string of the molecule is CC(C)n1c(C(N)C2CCCCC2)nc2cc(Cl)ccc21. The number of hydrogen-bond donors (Lipinski definition) is 1. The first-order valence-corrected chi connectivity index (χ1v) is 8.38. The summed E-state index contributed by atoms with van der Waals surface area (Å²) in [6.07, 6.45) is 6.39. The summed E-state index contributed by atoms with van der Waals surface area (Å²) >= 11 is 6.11. The molecule has 114 valence electrons. The summed E-state index contributed by atoms with van der Waals surface area (Å²) in [6, 6.07) is 6.30. The molecule has 1 atom stereocenters. The van der Waals surface area contributed by atoms with Gasteiger partial charge in [0.05, 0.1) is 17.1 Å². The van der Waals surface area contributed by atoms with Gasteiger partial charge in [-0.05, 0) is 50.8 Å². The van der Waals surface area contributed by atoms with E-state index in [9.17, 15) is 0 Å². The Balaban J connectivity index is 2.05. The normalized spacial score (nSPS) is 18.5. The molecule has 1 unspecified atom stereocenters. The van der Waals surface area contributed by atoms with Gasteiger partial charge in [0.15, 0.2) is 0 Å². The highest BCUT2D eigenvalue weighted by Gasteiger charge is 2.27. The average Bonchev–Trinajstić information content (AvgIpc) is 2.85. The van der Waals surface area contributed by atoms with Crippen LogP contribution >= 0.6 is 11.6 Å². The first-order chi connectivity index (χ1) is 10.1. The lowest BCUT2D eigenvalue weighted by Crippen LogP contribution is -2.27. The molecular weight excluding hydrogens is 282 g/mol. The van der Waals surface area contributed by atoms with E-state index in [0.717, 1.165) is 21.9 Å². The van der Waals surface area contributed by atoms with E-state index in [-0.39, 0.29) is 6.04 Å². The quantitative estimate of drug-likeness (QED) is 0.881. The molecule has 0 amide bonds. The van der Waals surface area contributed by atoms with E-state index in [2.05, 4.69) is 24.5 Å². The van der Waals surface area contributed by atoms with Gasteiger partial charge < -0.3 is 10.3 Å². The molecule has 21 heavy (non-hydrogen) atoms. The van der Waals surface area contributed by atoms with Crippen molar-refractivity contribution >= 4 is 22.6 Å². The predicted octanol–water partition coefficient (Wildman–Crippen LogP) is 4.85. The summed E-state index contributed by atoms with van der Waals surface area (Å²) in [5.41, 5.74) is 8.68. The van der Waals surface area contributed by atoms with E-state index in [1.807, 2.05) is 12.1 Å². The Bertz CT molecular complexity index is 626. The summed E-state index contributed by atoms with van der Waals surface area (Å²) in [7, 11) is 0. The van der Waals surface area contributed by atoms with Gasteiger partial charge in [-0.25, -0.2) is 4.98 Å². The molecule has 1 heterocycles. The predicted molar refractivity (Wildman–Crippen MR) is 88.6 cm³/mol. The van der Waals surface area contributed by atoms with Crippen LogP contribution in [0.4, 0.5) is 0 Å². The molecule has 3 rings (SSSR count). The lowest BCUT2D eigenvalue weighted by Gasteiger charge is -2.28. The van der Waals surface area contributed by atoms with Gasteiger partial charge in [-0.2, -0.15) is 0 Å². The van der Waals surface area contributed by atoms with Crippen molar-refractivity contribution < 1.29 is 0 Å². The van der Waals surface area contributed by atoms with Gasteiger partial charge >= 0.3 is 0 Å². The fraction of sp³-hybridized carbons (Fsp3) is 0.588. The smallest absolute Gasteiger partial charge is 0.127 e. The van der Waals surface area contributed by atoms with Gasteiger partial charge in [-0.1, -0.05) is 30.9 Å². The Hall–Kier alpha value is -1.06. The number of imidazole rings is 1. The Morgan fingerprint density at radius 2 is 1.95 bits per heavy atom. The maximum atomic E-state index is 6.59. The molecule has 1 aromatic heterocycles. The largest absolute Gasteiger partial charge is 0.324 e. The number of nitrogens with two attached hydrogens (primary N) is 1. The number of benzene rings is 1. The number of fused-ring (bicyclic) bond motifs is 1. The molecule has 1 fully saturated rings. The summed E-state index contributed by atoms with van der Waals surface area (Å²) in [6.45, 7) is 4.37. The number of aromatic nitrogens is 2. The molecule has 0 aliphatic heterocycles. The van der Waals surface area contributed by atoms with Crippen LogP contribution in [0.15, 0.2) is 18.2 Å². The Morgan fingerprint density at radius 3 is 2.62 bits per heavy atom. The third-order valence-corrected chi connectivity index (χ3v) is 4.89. The molecule has 0 spiro atoms. The van der Waals surface area contributed by atoms with Gasteiger partial charge in [0.1, 0.15) is 5.82 Å². The second-order valence-corrected chi connectivity index (χ2v) is 6.93. The van der Waals surface area contributed by atoms with E-state index < -0.39 is 0 Å². The zero-order valence-electron chi connectivity index (χ0n) is 12.8. The van der Waals surface area contributed by atoms with Crippen molar-refractivity contribution in [1.29, 1.82) is 0 Å². The van der Waals surface area contributed by atoms with Crippen LogP contribution in [0.1, 0.15) is 63.9 Å². The standard InChI is InChI=1S/C17H24ClN3/c1-11(2)21-15-9-8-13(18)10-14(15)20-17(21)16(19)12-6-4-3-5-7-12/h8-12,16H,3-7,19H2,1-2H3. The highest BCUT2D eigenvalue weighted by atomic mass is 35.5. The van der Waals surface area contributed by atoms with E-state index in [4.69, 9.17) is 22.3 Å². The second-order valence-electron chi connectivity index (χ2n) is 6.49. The summed E-state index contributed by atoms with van der Waals surface area (Å²) in [5.74, 6) is 1.58. The van der Waals surface area contributed by atoms with Gasteiger partial charge in [0.2, 0.25) is 0 Å². The summed E-state index contributed by atoms with van der Waals surface area (Å²) in [4.78, 5) is 4.82. The molecule has 0 bridgehead atoms. The fourth-order valence-electron chi connectivity index (χ4n) is 3.57. The van der Waals surface area contributed by atoms with Crippen LogP contribution in [0.3, 0.4) is 0 Å². The van der Waals surface area contributed by atoms with Crippen molar-refractivity contribution in [1.82, 2.24) is 9.55 Å². The van der Waals surface area contributed by atoms with Crippen molar-refractivity contribution in [2.45, 2.75) is 58.0 Å². The third kappa shape index (κ3) is 2.82. The van der Waals surface area contributed by atoms with Crippen molar-refractivity contribution in [3.63, 3.8) is 0 Å². The van der Waals surface area contributed by atoms with Crippen molar-refractivity contribution in [3.05, 3.63) is 29.0 Å². The van der Waals surface area contributed by atoms with Crippen LogP contribution in [0.5, 0.6) is 0 Å². The first kappa shape index (κ1) is 14.9. The highest BCUT2D eigenvalue weighted by Crippen LogP contribution is 2.35. The molecule has 3 nitrogen and oxygen atoms in total. The molecule has 1 aromatic carbocycles. The summed E-state index contributed by atoms with van der Waals surface area (Å²) in [5, 5.41) is 0.730.